The third kappa shape index (κ3) is 2.76. The predicted molar refractivity (Wildman–Crippen MR) is 110 cm³/mol. The van der Waals surface area contributed by atoms with Gasteiger partial charge in [-0.05, 0) is 43.4 Å². The van der Waals surface area contributed by atoms with Gasteiger partial charge < -0.3 is 31.0 Å². The van der Waals surface area contributed by atoms with Gasteiger partial charge in [0.05, 0.1) is 11.3 Å². The van der Waals surface area contributed by atoms with Crippen molar-refractivity contribution in [3.05, 3.63) is 51.5 Å². The largest absolute Gasteiger partial charge is 0.511 e. The zero-order chi connectivity index (χ0) is 23.5. The summed E-state index contributed by atoms with van der Waals surface area (Å²) >= 11 is 0. The standard InChI is InChI=1S/C22H22N2O8/c1-8(24-32-2)11-3-4-13(25)16-12(11)6-9-5-10-7-14(26)17(21(23)30)20(29)22(10,31)19(28)15(9)18(16)27/h3-4,9-10,25-26,28,31H,5-7H2,1-2H3,(H2,23,30)/b24-8+/t9-,10+,22+/m1/s1. The summed E-state index contributed by atoms with van der Waals surface area (Å²) in [4.78, 5) is 42.8. The summed E-state index contributed by atoms with van der Waals surface area (Å²) in [5.41, 5.74) is 3.09. The minimum absolute atomic E-state index is 0.0650. The molecule has 6 N–H and O–H groups in total. The molecule has 1 amide bonds. The number of Topliss-reactive ketones (excluding diaryl/α,β-unsaturated/α-hetero) is 2. The van der Waals surface area contributed by atoms with Gasteiger partial charge in [-0.1, -0.05) is 5.16 Å². The molecule has 1 aromatic carbocycles. The quantitative estimate of drug-likeness (QED) is 0.261. The second-order valence-corrected chi connectivity index (χ2v) is 8.26. The molecular weight excluding hydrogens is 420 g/mol. The topological polar surface area (TPSA) is 180 Å². The smallest absolute Gasteiger partial charge is 0.255 e. The van der Waals surface area contributed by atoms with Crippen LogP contribution in [0.5, 0.6) is 5.75 Å². The van der Waals surface area contributed by atoms with Crippen molar-refractivity contribution in [3.63, 3.8) is 0 Å². The highest BCUT2D eigenvalue weighted by Gasteiger charge is 2.59. The van der Waals surface area contributed by atoms with E-state index < -0.39 is 52.0 Å². The van der Waals surface area contributed by atoms with Crippen molar-refractivity contribution < 1.29 is 39.6 Å². The minimum Gasteiger partial charge on any atom is -0.511 e. The number of nitrogens with zero attached hydrogens (tertiary/aromatic N) is 1. The summed E-state index contributed by atoms with van der Waals surface area (Å²) in [5, 5.41) is 46.7. The lowest BCUT2D eigenvalue weighted by molar-refractivity contribution is -0.144. The van der Waals surface area contributed by atoms with Crippen LogP contribution in [0.25, 0.3) is 0 Å². The number of ketones is 2. The van der Waals surface area contributed by atoms with Crippen LogP contribution in [0.2, 0.25) is 0 Å². The number of hydrogen-bond donors (Lipinski definition) is 5. The molecule has 168 valence electrons. The second-order valence-electron chi connectivity index (χ2n) is 8.26. The molecule has 0 saturated carbocycles. The third-order valence-corrected chi connectivity index (χ3v) is 6.56. The maximum absolute atomic E-state index is 13.4. The summed E-state index contributed by atoms with van der Waals surface area (Å²) < 4.78 is 0. The highest BCUT2D eigenvalue weighted by Crippen LogP contribution is 2.51. The fraction of sp³-hybridized carbons (Fsp3) is 0.364. The van der Waals surface area contributed by atoms with Crippen molar-refractivity contribution in [1.82, 2.24) is 0 Å². The number of allylic oxidation sites excluding steroid dienone is 2. The van der Waals surface area contributed by atoms with Gasteiger partial charge in [-0.2, -0.15) is 0 Å². The molecule has 4 rings (SSSR count). The summed E-state index contributed by atoms with van der Waals surface area (Å²) in [6.45, 7) is 1.68. The van der Waals surface area contributed by atoms with Crippen LogP contribution in [-0.2, 0) is 20.8 Å². The van der Waals surface area contributed by atoms with E-state index in [0.29, 0.717) is 16.8 Å². The first kappa shape index (κ1) is 21.6. The predicted octanol–water partition coefficient (Wildman–Crippen LogP) is 0.951. The molecular formula is C22H22N2O8. The summed E-state index contributed by atoms with van der Waals surface area (Å²) in [6.07, 6.45) is -0.000361. The van der Waals surface area contributed by atoms with Crippen LogP contribution >= 0.6 is 0 Å². The first-order valence-electron chi connectivity index (χ1n) is 9.94. The molecule has 3 aliphatic carbocycles. The van der Waals surface area contributed by atoms with Gasteiger partial charge in [0.2, 0.25) is 5.78 Å². The Morgan fingerprint density at radius 1 is 1.22 bits per heavy atom. The molecule has 3 aliphatic rings. The molecule has 32 heavy (non-hydrogen) atoms. The average molecular weight is 442 g/mol. The van der Waals surface area contributed by atoms with Crippen LogP contribution in [0.4, 0.5) is 0 Å². The number of aliphatic hydroxyl groups is 3. The molecule has 0 radical (unpaired) electrons. The lowest BCUT2D eigenvalue weighted by atomic mass is 9.60. The Morgan fingerprint density at radius 3 is 2.53 bits per heavy atom. The number of phenols is 1. The van der Waals surface area contributed by atoms with Crippen LogP contribution in [0, 0.1) is 11.8 Å². The van der Waals surface area contributed by atoms with E-state index in [9.17, 15) is 34.8 Å². The fourth-order valence-corrected chi connectivity index (χ4v) is 5.14. The number of rotatable bonds is 3. The normalized spacial score (nSPS) is 27.7. The Balaban J connectivity index is 1.91. The molecule has 0 fully saturated rings. The average Bonchev–Trinajstić information content (AvgIpc) is 2.70. The number of hydrogen-bond acceptors (Lipinski definition) is 9. The molecule has 0 spiro atoms. The monoisotopic (exact) mass is 442 g/mol. The van der Waals surface area contributed by atoms with Crippen LogP contribution in [-0.4, -0.2) is 56.3 Å². The van der Waals surface area contributed by atoms with E-state index in [1.807, 2.05) is 0 Å². The van der Waals surface area contributed by atoms with Gasteiger partial charge in [0.25, 0.3) is 5.91 Å². The number of carbonyl (C=O) groups is 3. The highest BCUT2D eigenvalue weighted by molar-refractivity contribution is 6.24. The van der Waals surface area contributed by atoms with E-state index in [2.05, 4.69) is 5.16 Å². The Hall–Kier alpha value is -3.66. The number of oxime groups is 1. The van der Waals surface area contributed by atoms with E-state index in [4.69, 9.17) is 10.6 Å². The number of benzene rings is 1. The number of carbonyl (C=O) groups excluding carboxylic acids is 3. The number of amides is 1. The van der Waals surface area contributed by atoms with E-state index in [0.717, 1.165) is 0 Å². The zero-order valence-electron chi connectivity index (χ0n) is 17.4. The Kier molecular flexibility index (Phi) is 4.85. The fourth-order valence-electron chi connectivity index (χ4n) is 5.14. The van der Waals surface area contributed by atoms with E-state index >= 15 is 0 Å². The second kappa shape index (κ2) is 7.20. The number of fused-ring (bicyclic) bond motifs is 3. The number of phenolic OH excluding ortho intramolecular Hbond substituents is 1. The number of aromatic hydroxyl groups is 1. The van der Waals surface area contributed by atoms with Crippen molar-refractivity contribution in [1.29, 1.82) is 0 Å². The van der Waals surface area contributed by atoms with E-state index in [1.165, 1.54) is 13.2 Å². The molecule has 0 aromatic heterocycles. The van der Waals surface area contributed by atoms with Gasteiger partial charge in [-0.3, -0.25) is 14.4 Å². The zero-order valence-corrected chi connectivity index (χ0v) is 17.4. The minimum atomic E-state index is -2.57. The molecule has 10 heteroatoms. The molecule has 0 unspecified atom stereocenters. The highest BCUT2D eigenvalue weighted by atomic mass is 16.6. The maximum atomic E-state index is 13.4. The van der Waals surface area contributed by atoms with Crippen molar-refractivity contribution in [3.8, 4) is 5.75 Å². The number of aliphatic hydroxyl groups excluding tert-OH is 2. The Bertz CT molecular complexity index is 1180. The lowest BCUT2D eigenvalue weighted by Gasteiger charge is -2.45. The van der Waals surface area contributed by atoms with Crippen LogP contribution < -0.4 is 5.73 Å². The van der Waals surface area contributed by atoms with Gasteiger partial charge in [0.1, 0.15) is 30.0 Å². The number of primary amides is 1. The molecule has 0 heterocycles. The van der Waals surface area contributed by atoms with Crippen molar-refractivity contribution >= 4 is 23.2 Å². The third-order valence-electron chi connectivity index (χ3n) is 6.56. The SMILES string of the molecule is CO/N=C(\C)c1ccc(O)c2c1C[C@H]1C[C@H]3CC(O)=C(C(N)=O)C(=O)[C@@]3(O)C(O)=C1C2=O. The Morgan fingerprint density at radius 2 is 1.91 bits per heavy atom. The van der Waals surface area contributed by atoms with Gasteiger partial charge in [0.15, 0.2) is 11.4 Å². The van der Waals surface area contributed by atoms with Crippen LogP contribution in [0.3, 0.4) is 0 Å². The molecule has 3 atom stereocenters. The van der Waals surface area contributed by atoms with E-state index in [-0.39, 0.29) is 36.1 Å². The van der Waals surface area contributed by atoms with Crippen molar-refractivity contribution in [2.75, 3.05) is 7.11 Å². The molecule has 10 nitrogen and oxygen atoms in total. The molecule has 0 saturated heterocycles. The van der Waals surface area contributed by atoms with Crippen LogP contribution in [0.15, 0.2) is 40.0 Å². The van der Waals surface area contributed by atoms with Gasteiger partial charge in [-0.15, -0.1) is 0 Å². The van der Waals surface area contributed by atoms with Crippen LogP contribution in [0.1, 0.15) is 41.3 Å². The van der Waals surface area contributed by atoms with Crippen molar-refractivity contribution in [2.45, 2.75) is 31.8 Å². The van der Waals surface area contributed by atoms with Gasteiger partial charge in [-0.25, -0.2) is 0 Å². The van der Waals surface area contributed by atoms with E-state index in [1.54, 1.807) is 13.0 Å². The van der Waals surface area contributed by atoms with Gasteiger partial charge in [0, 0.05) is 23.5 Å². The first-order chi connectivity index (χ1) is 15.0. The lowest BCUT2D eigenvalue weighted by Crippen LogP contribution is -2.57. The summed E-state index contributed by atoms with van der Waals surface area (Å²) in [7, 11) is 1.38. The Labute approximate surface area is 182 Å². The summed E-state index contributed by atoms with van der Waals surface area (Å²) in [5.74, 6) is -6.57. The molecule has 0 aliphatic heterocycles. The summed E-state index contributed by atoms with van der Waals surface area (Å²) in [6, 6.07) is 2.92. The number of nitrogens with two attached hydrogens (primary N) is 1. The molecule has 0 bridgehead atoms. The van der Waals surface area contributed by atoms with Gasteiger partial charge >= 0.3 is 0 Å². The van der Waals surface area contributed by atoms with Crippen molar-refractivity contribution in [2.24, 2.45) is 22.7 Å². The first-order valence-corrected chi connectivity index (χ1v) is 9.94. The maximum Gasteiger partial charge on any atom is 0.255 e. The molecule has 1 aromatic rings.